The topological polar surface area (TPSA) is 52.1 Å². The molecule has 0 fully saturated rings. The van der Waals surface area contributed by atoms with E-state index in [1.54, 1.807) is 12.1 Å². The normalized spacial score (nSPS) is 10.9. The minimum absolute atomic E-state index is 0.349. The molecule has 104 valence electrons. The quantitative estimate of drug-likeness (QED) is 0.477. The fraction of sp³-hybridized carbons (Fsp3) is 0.267. The van der Waals surface area contributed by atoms with Gasteiger partial charge in [-0.25, -0.2) is 4.79 Å². The summed E-state index contributed by atoms with van der Waals surface area (Å²) < 4.78 is 5.20. The summed E-state index contributed by atoms with van der Waals surface area (Å²) in [6.07, 6.45) is 5.18. The summed E-state index contributed by atoms with van der Waals surface area (Å²) in [4.78, 5) is 11.5. The molecule has 0 radical (unpaired) electrons. The van der Waals surface area contributed by atoms with Crippen molar-refractivity contribution in [2.24, 2.45) is 0 Å². The first kappa shape index (κ1) is 14.4. The number of rotatable bonds is 5. The minimum Gasteiger partial charge on any atom is -0.423 e. The molecule has 1 heterocycles. The highest BCUT2D eigenvalue weighted by atomic mass is 32.1. The number of esters is 1. The maximum atomic E-state index is 11.5. The summed E-state index contributed by atoms with van der Waals surface area (Å²) in [7, 11) is 0. The number of hydrogen-bond donors (Lipinski definition) is 0. The molecule has 5 heteroatoms. The Kier molecular flexibility index (Phi) is 5.01. The van der Waals surface area contributed by atoms with E-state index in [1.165, 1.54) is 17.4 Å². The van der Waals surface area contributed by atoms with Crippen LogP contribution in [-0.2, 0) is 4.79 Å². The molecule has 0 saturated carbocycles. The molecule has 0 aliphatic heterocycles. The Labute approximate surface area is 122 Å². The van der Waals surface area contributed by atoms with Crippen LogP contribution in [0, 0.1) is 6.92 Å². The van der Waals surface area contributed by atoms with Crippen molar-refractivity contribution in [1.29, 1.82) is 0 Å². The highest BCUT2D eigenvalue weighted by molar-refractivity contribution is 7.14. The van der Waals surface area contributed by atoms with Crippen molar-refractivity contribution in [3.63, 3.8) is 0 Å². The van der Waals surface area contributed by atoms with Gasteiger partial charge < -0.3 is 4.74 Å². The number of aromatic nitrogens is 2. The maximum absolute atomic E-state index is 11.5. The molecule has 2 rings (SSSR count). The molecule has 0 unspecified atom stereocenters. The first-order chi connectivity index (χ1) is 9.69. The third-order valence-corrected chi connectivity index (χ3v) is 3.44. The summed E-state index contributed by atoms with van der Waals surface area (Å²) in [5.74, 6) is 0.180. The van der Waals surface area contributed by atoms with Gasteiger partial charge in [0.05, 0.1) is 0 Å². The van der Waals surface area contributed by atoms with E-state index in [0.717, 1.165) is 28.4 Å². The zero-order valence-electron chi connectivity index (χ0n) is 11.5. The lowest BCUT2D eigenvalue weighted by molar-refractivity contribution is -0.129. The minimum atomic E-state index is -0.349. The Morgan fingerprint density at radius 1 is 1.30 bits per heavy atom. The van der Waals surface area contributed by atoms with Crippen LogP contribution in [0.1, 0.15) is 24.8 Å². The van der Waals surface area contributed by atoms with Crippen molar-refractivity contribution >= 4 is 17.3 Å². The molecule has 0 spiro atoms. The summed E-state index contributed by atoms with van der Waals surface area (Å²) in [6, 6.07) is 7.27. The average molecular weight is 288 g/mol. The highest BCUT2D eigenvalue weighted by Crippen LogP contribution is 2.25. The SMILES string of the molecule is CCC/C=C/C(=O)Oc1ccc(-c2nnc(C)s2)cc1. The number of carbonyl (C=O) groups excluding carboxylic acids is 1. The van der Waals surface area contributed by atoms with E-state index in [4.69, 9.17) is 4.74 Å². The lowest BCUT2D eigenvalue weighted by Crippen LogP contribution is -2.03. The maximum Gasteiger partial charge on any atom is 0.335 e. The van der Waals surface area contributed by atoms with Crippen LogP contribution in [0.4, 0.5) is 0 Å². The van der Waals surface area contributed by atoms with Crippen LogP contribution >= 0.6 is 11.3 Å². The lowest BCUT2D eigenvalue weighted by atomic mass is 10.2. The Bertz CT molecular complexity index is 603. The smallest absolute Gasteiger partial charge is 0.335 e. The van der Waals surface area contributed by atoms with Gasteiger partial charge in [-0.15, -0.1) is 10.2 Å². The number of nitrogens with zero attached hydrogens (tertiary/aromatic N) is 2. The molecule has 0 aliphatic carbocycles. The van der Waals surface area contributed by atoms with Gasteiger partial charge in [-0.05, 0) is 37.6 Å². The molecule has 0 bridgehead atoms. The predicted octanol–water partition coefficient (Wildman–Crippen LogP) is 3.78. The molecule has 0 amide bonds. The van der Waals surface area contributed by atoms with Crippen molar-refractivity contribution < 1.29 is 9.53 Å². The third kappa shape index (κ3) is 3.99. The van der Waals surface area contributed by atoms with Gasteiger partial charge in [0, 0.05) is 11.6 Å². The molecular formula is C15H16N2O2S. The zero-order valence-corrected chi connectivity index (χ0v) is 12.3. The highest BCUT2D eigenvalue weighted by Gasteiger charge is 2.05. The molecule has 4 nitrogen and oxygen atoms in total. The molecule has 0 atom stereocenters. The summed E-state index contributed by atoms with van der Waals surface area (Å²) in [5.41, 5.74) is 0.969. The van der Waals surface area contributed by atoms with Crippen LogP contribution in [-0.4, -0.2) is 16.2 Å². The largest absolute Gasteiger partial charge is 0.423 e. The lowest BCUT2D eigenvalue weighted by Gasteiger charge is -2.02. The number of aryl methyl sites for hydroxylation is 1. The fourth-order valence-electron chi connectivity index (χ4n) is 1.58. The van der Waals surface area contributed by atoms with Gasteiger partial charge in [0.2, 0.25) is 0 Å². The molecule has 0 saturated heterocycles. The van der Waals surface area contributed by atoms with E-state index in [0.29, 0.717) is 5.75 Å². The van der Waals surface area contributed by atoms with Crippen molar-refractivity contribution in [3.8, 4) is 16.3 Å². The van der Waals surface area contributed by atoms with Gasteiger partial charge in [-0.1, -0.05) is 30.8 Å². The second-order valence-electron chi connectivity index (χ2n) is 4.26. The zero-order chi connectivity index (χ0) is 14.4. The van der Waals surface area contributed by atoms with Gasteiger partial charge in [0.15, 0.2) is 0 Å². The summed E-state index contributed by atoms with van der Waals surface area (Å²) >= 11 is 1.53. The number of ether oxygens (including phenoxy) is 1. The van der Waals surface area contributed by atoms with E-state index in [1.807, 2.05) is 25.1 Å². The molecule has 1 aromatic heterocycles. The molecule has 2 aromatic rings. The number of carbonyl (C=O) groups is 1. The Balaban J connectivity index is 2.00. The van der Waals surface area contributed by atoms with Gasteiger partial charge in [-0.2, -0.15) is 0 Å². The van der Waals surface area contributed by atoms with E-state index in [2.05, 4.69) is 17.1 Å². The number of allylic oxidation sites excluding steroid dienone is 1. The fourth-order valence-corrected chi connectivity index (χ4v) is 2.27. The summed E-state index contributed by atoms with van der Waals surface area (Å²) in [6.45, 7) is 3.98. The van der Waals surface area contributed by atoms with Crippen molar-refractivity contribution in [1.82, 2.24) is 10.2 Å². The Morgan fingerprint density at radius 2 is 2.05 bits per heavy atom. The van der Waals surface area contributed by atoms with Crippen LogP contribution in [0.3, 0.4) is 0 Å². The first-order valence-corrected chi connectivity index (χ1v) is 7.29. The van der Waals surface area contributed by atoms with Gasteiger partial charge in [0.1, 0.15) is 15.8 Å². The van der Waals surface area contributed by atoms with Crippen LogP contribution in [0.2, 0.25) is 0 Å². The van der Waals surface area contributed by atoms with E-state index in [9.17, 15) is 4.79 Å². The van der Waals surface area contributed by atoms with Crippen LogP contribution in [0.5, 0.6) is 5.75 Å². The first-order valence-electron chi connectivity index (χ1n) is 6.48. The standard InChI is InChI=1S/C15H16N2O2S/c1-3-4-5-6-14(18)19-13-9-7-12(8-10-13)15-17-16-11(2)20-15/h5-10H,3-4H2,1-2H3/b6-5+. The van der Waals surface area contributed by atoms with Gasteiger partial charge >= 0.3 is 5.97 Å². The molecule has 1 aromatic carbocycles. The van der Waals surface area contributed by atoms with Gasteiger partial charge in [-0.3, -0.25) is 0 Å². The van der Waals surface area contributed by atoms with Crippen molar-refractivity contribution in [2.75, 3.05) is 0 Å². The third-order valence-electron chi connectivity index (χ3n) is 2.56. The molecule has 0 N–H and O–H groups in total. The molecule has 0 aliphatic rings. The van der Waals surface area contributed by atoms with E-state index >= 15 is 0 Å². The van der Waals surface area contributed by atoms with E-state index in [-0.39, 0.29) is 5.97 Å². The number of hydrogen-bond acceptors (Lipinski definition) is 5. The number of benzene rings is 1. The Hall–Kier alpha value is -2.01. The monoisotopic (exact) mass is 288 g/mol. The second-order valence-corrected chi connectivity index (χ2v) is 5.44. The van der Waals surface area contributed by atoms with E-state index < -0.39 is 0 Å². The predicted molar refractivity (Wildman–Crippen MR) is 79.8 cm³/mol. The van der Waals surface area contributed by atoms with Crippen molar-refractivity contribution in [3.05, 3.63) is 41.4 Å². The molecule has 20 heavy (non-hydrogen) atoms. The van der Waals surface area contributed by atoms with Crippen LogP contribution < -0.4 is 4.74 Å². The number of unbranched alkanes of at least 4 members (excludes halogenated alkanes) is 1. The van der Waals surface area contributed by atoms with Crippen molar-refractivity contribution in [2.45, 2.75) is 26.7 Å². The van der Waals surface area contributed by atoms with Gasteiger partial charge in [0.25, 0.3) is 0 Å². The van der Waals surface area contributed by atoms with Crippen LogP contribution in [0.25, 0.3) is 10.6 Å². The summed E-state index contributed by atoms with van der Waals surface area (Å²) in [5, 5.41) is 9.85. The molecular weight excluding hydrogens is 272 g/mol. The Morgan fingerprint density at radius 3 is 2.65 bits per heavy atom. The van der Waals surface area contributed by atoms with Crippen LogP contribution in [0.15, 0.2) is 36.4 Å². The second kappa shape index (κ2) is 6.96. The average Bonchev–Trinajstić information content (AvgIpc) is 2.86.